The number of hydrogen-bond donors (Lipinski definition) is 15. The van der Waals surface area contributed by atoms with Gasteiger partial charge in [-0.15, -0.1) is 0 Å². The maximum atomic E-state index is 12.2. The number of aliphatic hydroxyl groups is 8. The van der Waals surface area contributed by atoms with E-state index in [0.29, 0.717) is 54.2 Å². The zero-order valence-electron chi connectivity index (χ0n) is 50.2. The molecular weight excluding hydrogens is 1200 g/mol. The van der Waals surface area contributed by atoms with E-state index >= 15 is 0 Å². The first-order chi connectivity index (χ1) is 44.3. The molecule has 0 radical (unpaired) electrons. The van der Waals surface area contributed by atoms with E-state index in [-0.39, 0.29) is 63.8 Å². The largest absolute Gasteiger partial charge is 0.394 e. The monoisotopic (exact) mass is 1280 g/mol. The third-order valence-corrected chi connectivity index (χ3v) is 15.9. The van der Waals surface area contributed by atoms with Gasteiger partial charge in [-0.05, 0) is 62.6 Å². The fourth-order valence-corrected chi connectivity index (χ4v) is 10.9. The molecule has 3 saturated heterocycles. The highest BCUT2D eigenvalue weighted by atomic mass is 16.6. The number of benzene rings is 1. The standard InChI is InChI=1S/C24H31N7O5.C17H25N7O4.C15H18N8O5/c1-3-26-22(35)19-17(33)18(34)23(36-19)31-12-28-16-20(25)29-24(30-21(16)31)27-11-10-15-8-6-14(7-9-15)5-4-13(2)32;18-14-11-15(22-17(21-14)23-20-6-9-4-2-1-3-5-9)24(8-19-11)16-13(27)12(26)10(7-25)28-16;1-17-13(27)6-2-3-23(21-6)15-19-11(16)8-12(20-15)22(5-18-8)14-10(26)9(25)7(4-24)28-14/h6-9,12,17-19,23,33-34H,3-5,10-11H2,1-2H3,(H,26,35)(H3,25,27,29,30);6,8-10,12-13,16,25-27H,1-5,7H2,(H3,18,21,22,23);2-3,5,7,9-10,14,24-26H,4H2,1H3,(H,17,27)(H2,16,19,20)/b;20-6+;/t17?,18-,19-,23+;10-,12?,13+,16-;7-,9?,10+,14-/m011/s1. The van der Waals surface area contributed by atoms with Crippen molar-refractivity contribution in [3.63, 3.8) is 0 Å². The Hall–Kier alpha value is -9.08. The van der Waals surface area contributed by atoms with Crippen LogP contribution in [0.3, 0.4) is 0 Å². The summed E-state index contributed by atoms with van der Waals surface area (Å²) in [6.45, 7) is 3.36. The number of hydrazone groups is 1. The Morgan fingerprint density at radius 3 is 1.70 bits per heavy atom. The Balaban J connectivity index is 0.000000153. The Labute approximate surface area is 522 Å². The van der Waals surface area contributed by atoms with Gasteiger partial charge in [-0.25, -0.2) is 25.1 Å². The second-order valence-electron chi connectivity index (χ2n) is 22.2. The van der Waals surface area contributed by atoms with Crippen LogP contribution < -0.4 is 38.6 Å². The van der Waals surface area contributed by atoms with Gasteiger partial charge in [0, 0.05) is 39.0 Å². The minimum Gasteiger partial charge on any atom is -0.394 e. The Kier molecular flexibility index (Phi) is 20.8. The Morgan fingerprint density at radius 1 is 0.652 bits per heavy atom. The third kappa shape index (κ3) is 14.2. The highest BCUT2D eigenvalue weighted by Gasteiger charge is 2.48. The first kappa shape index (κ1) is 65.9. The van der Waals surface area contributed by atoms with Gasteiger partial charge in [0.2, 0.25) is 11.9 Å². The van der Waals surface area contributed by atoms with E-state index in [2.05, 4.69) is 76.4 Å². The minimum atomic E-state index is -1.41. The third-order valence-electron chi connectivity index (χ3n) is 15.9. The number of nitrogen functional groups attached to an aromatic ring is 3. The fraction of sp³-hybridized carbons (Fsp3) is 0.500. The van der Waals surface area contributed by atoms with Crippen molar-refractivity contribution in [1.82, 2.24) is 79.0 Å². The summed E-state index contributed by atoms with van der Waals surface area (Å²) in [5.74, 6) is 0.647. The van der Waals surface area contributed by atoms with E-state index in [9.17, 15) is 55.2 Å². The predicted octanol–water partition coefficient (Wildman–Crippen LogP) is -2.10. The highest BCUT2D eigenvalue weighted by molar-refractivity contribution is 5.92. The van der Waals surface area contributed by atoms with E-state index in [1.165, 1.54) is 75.9 Å². The first-order valence-corrected chi connectivity index (χ1v) is 29.7. The van der Waals surface area contributed by atoms with Crippen LogP contribution in [0, 0.1) is 5.92 Å². The first-order valence-electron chi connectivity index (χ1n) is 29.7. The molecule has 8 aromatic rings. The molecule has 1 aromatic carbocycles. The maximum Gasteiger partial charge on any atom is 0.271 e. The van der Waals surface area contributed by atoms with Gasteiger partial charge in [-0.3, -0.25) is 23.3 Å². The number of hydrogen-bond acceptors (Lipinski definition) is 30. The van der Waals surface area contributed by atoms with Gasteiger partial charge < -0.3 is 93.0 Å². The van der Waals surface area contributed by atoms with Crippen LogP contribution in [0.25, 0.3) is 39.4 Å². The number of rotatable bonds is 19. The van der Waals surface area contributed by atoms with Gasteiger partial charge in [-0.1, -0.05) is 43.5 Å². The molecule has 1 aliphatic carbocycles. The lowest BCUT2D eigenvalue weighted by atomic mass is 9.90. The summed E-state index contributed by atoms with van der Waals surface area (Å²) >= 11 is 0. The molecule has 10 heterocycles. The van der Waals surface area contributed by atoms with Crippen molar-refractivity contribution in [3.8, 4) is 5.95 Å². The summed E-state index contributed by atoms with van der Waals surface area (Å²) in [7, 11) is 1.49. The molecule has 18 N–H and O–H groups in total. The molecule has 4 aliphatic rings. The molecule has 2 amide bonds. The number of amides is 2. The average molecular weight is 1280 g/mol. The van der Waals surface area contributed by atoms with Gasteiger partial charge in [0.15, 0.2) is 64.9 Å². The molecule has 12 rings (SSSR count). The van der Waals surface area contributed by atoms with Crippen molar-refractivity contribution in [2.24, 2.45) is 11.0 Å². The number of fused-ring (bicyclic) bond motifs is 3. The van der Waals surface area contributed by atoms with Crippen molar-refractivity contribution in [1.29, 1.82) is 0 Å². The smallest absolute Gasteiger partial charge is 0.271 e. The van der Waals surface area contributed by atoms with E-state index < -0.39 is 92.7 Å². The number of Topliss-reactive ketones (excluding diaryl/α,β-unsaturated/α-hetero) is 1. The number of imidazole rings is 3. The van der Waals surface area contributed by atoms with Gasteiger partial charge in [0.05, 0.1) is 32.2 Å². The number of aliphatic hydroxyl groups excluding tert-OH is 8. The van der Waals surface area contributed by atoms with Gasteiger partial charge in [0.25, 0.3) is 17.8 Å². The van der Waals surface area contributed by atoms with Crippen LogP contribution >= 0.6 is 0 Å². The van der Waals surface area contributed by atoms with E-state index in [0.717, 1.165) is 30.4 Å². The molecule has 36 heteroatoms. The van der Waals surface area contributed by atoms with Crippen LogP contribution in [0.1, 0.15) is 92.7 Å². The molecule has 0 bridgehead atoms. The van der Waals surface area contributed by atoms with Crippen molar-refractivity contribution in [2.45, 2.75) is 139 Å². The van der Waals surface area contributed by atoms with Crippen molar-refractivity contribution < 1.29 is 69.4 Å². The van der Waals surface area contributed by atoms with Crippen LogP contribution in [0.5, 0.6) is 0 Å². The molecule has 3 aliphatic heterocycles. The number of carbonyl (C=O) groups is 3. The number of aryl methyl sites for hydroxylation is 1. The number of nitrogens with zero attached hydrogens (tertiary/aromatic N) is 15. The zero-order valence-corrected chi connectivity index (χ0v) is 50.2. The number of nitrogens with two attached hydrogens (primary N) is 3. The number of ketones is 1. The summed E-state index contributed by atoms with van der Waals surface area (Å²) in [5.41, 5.74) is 25.0. The van der Waals surface area contributed by atoms with Gasteiger partial charge in [0.1, 0.15) is 71.2 Å². The van der Waals surface area contributed by atoms with Crippen molar-refractivity contribution in [3.05, 3.63) is 72.3 Å². The quantitative estimate of drug-likeness (QED) is 0.0305. The summed E-state index contributed by atoms with van der Waals surface area (Å²) in [6, 6.07) is 9.59. The van der Waals surface area contributed by atoms with E-state index in [4.69, 9.17) is 31.4 Å². The van der Waals surface area contributed by atoms with Gasteiger partial charge >= 0.3 is 0 Å². The number of likely N-dealkylation sites (N-methyl/N-ethyl adjacent to an activating group) is 1. The second-order valence-corrected chi connectivity index (χ2v) is 22.2. The molecule has 12 atom stereocenters. The van der Waals surface area contributed by atoms with Crippen LogP contribution in [-0.4, -0.2) is 221 Å². The molecule has 1 saturated carbocycles. The lowest BCUT2D eigenvalue weighted by molar-refractivity contribution is -0.137. The molecule has 7 aromatic heterocycles. The molecular formula is C56H74N22O14. The topological polar surface area (TPSA) is 528 Å². The van der Waals surface area contributed by atoms with E-state index in [1.54, 1.807) is 13.8 Å². The second kappa shape index (κ2) is 29.0. The van der Waals surface area contributed by atoms with Crippen LogP contribution in [0.15, 0.2) is 60.6 Å². The SMILES string of the molecule is CCNC(=O)[C@H]1O[C@@H](n2cnc3c(N)nc(NCCc4ccc(CCC(C)=O)cc4)nc32)[C@@H](O)C1O.CNC(=O)c1ccn(-c2nc(N)c3ncn([C@@H]4O[C@H](CO)C(O)[C@@H]4O)c3n2)n1.Nc1nc(N/N=C/C2CCCCC2)nc2c1ncn2[C@@H]1O[C@H](CO)C(O)[C@@H]1O. The summed E-state index contributed by atoms with van der Waals surface area (Å²) in [5, 5.41) is 96.5. The molecule has 92 heavy (non-hydrogen) atoms. The molecule has 4 fully saturated rings. The number of carbonyl (C=O) groups excluding carboxylic acids is 3. The zero-order chi connectivity index (χ0) is 65.5. The fourth-order valence-electron chi connectivity index (χ4n) is 10.9. The van der Waals surface area contributed by atoms with Crippen LogP contribution in [0.2, 0.25) is 0 Å². The number of aromatic nitrogens is 14. The Morgan fingerprint density at radius 2 is 1.16 bits per heavy atom. The molecule has 36 nitrogen and oxygen atoms in total. The van der Waals surface area contributed by atoms with Gasteiger partial charge in [-0.2, -0.15) is 40.1 Å². The number of nitrogens with one attached hydrogen (secondary N) is 4. The number of anilines is 5. The molecule has 492 valence electrons. The lowest BCUT2D eigenvalue weighted by Gasteiger charge is -2.17. The summed E-state index contributed by atoms with van der Waals surface area (Å²) in [4.78, 5) is 73.4. The summed E-state index contributed by atoms with van der Waals surface area (Å²) < 4.78 is 22.3. The van der Waals surface area contributed by atoms with Crippen LogP contribution in [0.4, 0.5) is 29.4 Å². The summed E-state index contributed by atoms with van der Waals surface area (Å²) in [6.07, 6.45) is 1.50. The van der Waals surface area contributed by atoms with Crippen molar-refractivity contribution in [2.75, 3.05) is 61.3 Å². The predicted molar refractivity (Wildman–Crippen MR) is 327 cm³/mol. The van der Waals surface area contributed by atoms with E-state index in [1.807, 2.05) is 30.5 Å². The minimum absolute atomic E-state index is 0.0579. The lowest BCUT2D eigenvalue weighted by Crippen LogP contribution is -2.42. The van der Waals surface area contributed by atoms with Crippen LogP contribution in [-0.2, 0) is 36.6 Å². The molecule has 0 spiro atoms. The Bertz CT molecular complexity index is 3890. The van der Waals surface area contributed by atoms with Crippen molar-refractivity contribution >= 4 is 86.7 Å². The maximum absolute atomic E-state index is 12.2. The molecule has 3 unspecified atom stereocenters. The number of ether oxygens (including phenoxy) is 3. The normalized spacial score (nSPS) is 24.8. The average Bonchev–Trinajstić information content (AvgIpc) is 1.64. The highest BCUT2D eigenvalue weighted by Crippen LogP contribution is 2.36.